The van der Waals surface area contributed by atoms with Crippen molar-refractivity contribution in [1.29, 1.82) is 0 Å². The fourth-order valence-corrected chi connectivity index (χ4v) is 3.65. The number of allylic oxidation sites excluding steroid dienone is 1. The Bertz CT molecular complexity index is 927. The van der Waals surface area contributed by atoms with Gasteiger partial charge in [-0.1, -0.05) is 0 Å². The Morgan fingerprint density at radius 2 is 2.15 bits per heavy atom. The molecule has 0 saturated carbocycles. The molecule has 138 valence electrons. The molecule has 2 heterocycles. The van der Waals surface area contributed by atoms with Gasteiger partial charge in [-0.25, -0.2) is 0 Å². The van der Waals surface area contributed by atoms with Gasteiger partial charge in [0, 0.05) is 4.91 Å². The van der Waals surface area contributed by atoms with Crippen molar-refractivity contribution in [3.8, 4) is 11.5 Å². The van der Waals surface area contributed by atoms with Gasteiger partial charge in [0.25, 0.3) is 0 Å². The van der Waals surface area contributed by atoms with E-state index in [0.717, 1.165) is 22.0 Å². The number of aromatic hydroxyl groups is 1. The largest absolute Gasteiger partial charge is 0.503 e. The second-order valence-corrected chi connectivity index (χ2v) is 7.53. The van der Waals surface area contributed by atoms with Crippen LogP contribution >= 0.6 is 39.3 Å². The van der Waals surface area contributed by atoms with Crippen LogP contribution in [-0.4, -0.2) is 32.3 Å². The summed E-state index contributed by atoms with van der Waals surface area (Å²) in [7, 11) is 0. The summed E-state index contributed by atoms with van der Waals surface area (Å²) >= 11 is 9.45. The Morgan fingerprint density at radius 1 is 1.42 bits per heavy atom. The molecule has 1 aromatic carbocycles. The summed E-state index contributed by atoms with van der Waals surface area (Å²) in [6.07, 6.45) is 1.78. The topological polar surface area (TPSA) is 72.5 Å². The maximum atomic E-state index is 13.4. The summed E-state index contributed by atoms with van der Waals surface area (Å²) in [5.74, 6) is -0.396. The normalized spacial score (nSPS) is 15.8. The standard InChI is InChI=1S/C15H12BrClF2N4O2S/c1-3-25-10-5-8(4-9(16)12(10)24)6-11-7(2)22-23-13(15(17,18)19)20-21-14(23)26-11/h4-6,24H,3H2,1-2H3. The quantitative estimate of drug-likeness (QED) is 0.657. The van der Waals surface area contributed by atoms with Crippen LogP contribution in [0, 0.1) is 0 Å². The van der Waals surface area contributed by atoms with Gasteiger partial charge in [-0.05, 0) is 76.9 Å². The summed E-state index contributed by atoms with van der Waals surface area (Å²) < 4.78 is 33.5. The third-order valence-electron chi connectivity index (χ3n) is 3.32. The van der Waals surface area contributed by atoms with Gasteiger partial charge in [-0.3, -0.25) is 0 Å². The second kappa shape index (κ2) is 7.16. The highest BCUT2D eigenvalue weighted by Crippen LogP contribution is 2.40. The minimum absolute atomic E-state index is 0.00409. The molecule has 0 amide bonds. The Balaban J connectivity index is 1.99. The smallest absolute Gasteiger partial charge is 0.383 e. The van der Waals surface area contributed by atoms with Gasteiger partial charge < -0.3 is 9.84 Å². The van der Waals surface area contributed by atoms with Crippen LogP contribution in [0.4, 0.5) is 8.78 Å². The zero-order chi connectivity index (χ0) is 19.1. The molecular formula is C15H12BrClF2N4O2S. The zero-order valence-electron chi connectivity index (χ0n) is 13.5. The van der Waals surface area contributed by atoms with Gasteiger partial charge in [-0.15, -0.1) is 10.2 Å². The zero-order valence-corrected chi connectivity index (χ0v) is 16.7. The van der Waals surface area contributed by atoms with E-state index in [1.165, 1.54) is 0 Å². The molecule has 26 heavy (non-hydrogen) atoms. The molecule has 0 saturated heterocycles. The number of ether oxygens (including phenoxy) is 1. The minimum atomic E-state index is -3.66. The molecule has 3 rings (SSSR count). The molecule has 11 heteroatoms. The van der Waals surface area contributed by atoms with E-state index in [1.54, 1.807) is 25.1 Å². The fourth-order valence-electron chi connectivity index (χ4n) is 2.20. The lowest BCUT2D eigenvalue weighted by Gasteiger charge is -2.15. The molecule has 1 aliphatic rings. The van der Waals surface area contributed by atoms with Crippen molar-refractivity contribution < 1.29 is 18.6 Å². The van der Waals surface area contributed by atoms with E-state index in [2.05, 4.69) is 31.2 Å². The molecule has 0 bridgehead atoms. The van der Waals surface area contributed by atoms with Crippen molar-refractivity contribution in [1.82, 2.24) is 14.9 Å². The predicted molar refractivity (Wildman–Crippen MR) is 99.1 cm³/mol. The molecule has 0 aliphatic carbocycles. The molecule has 0 fully saturated rings. The number of aromatic nitrogens is 3. The second-order valence-electron chi connectivity index (χ2n) is 5.19. The average molecular weight is 466 g/mol. The van der Waals surface area contributed by atoms with Gasteiger partial charge in [-0.2, -0.15) is 18.6 Å². The number of benzene rings is 1. The lowest BCUT2D eigenvalue weighted by molar-refractivity contribution is 0.0799. The summed E-state index contributed by atoms with van der Waals surface area (Å²) in [5, 5.41) is 17.8. The Morgan fingerprint density at radius 3 is 2.81 bits per heavy atom. The molecule has 0 radical (unpaired) electrons. The highest BCUT2D eigenvalue weighted by molar-refractivity contribution is 9.10. The van der Waals surface area contributed by atoms with E-state index in [4.69, 9.17) is 16.3 Å². The number of hydrogen-bond acceptors (Lipinski definition) is 6. The van der Waals surface area contributed by atoms with Crippen molar-refractivity contribution in [3.63, 3.8) is 0 Å². The molecular weight excluding hydrogens is 454 g/mol. The Kier molecular flexibility index (Phi) is 5.27. The first-order chi connectivity index (χ1) is 12.2. The Labute approximate surface area is 165 Å². The van der Waals surface area contributed by atoms with Crippen LogP contribution in [0.3, 0.4) is 0 Å². The molecule has 6 nitrogen and oxygen atoms in total. The van der Waals surface area contributed by atoms with Crippen LogP contribution in [0.1, 0.15) is 25.2 Å². The van der Waals surface area contributed by atoms with E-state index < -0.39 is 11.2 Å². The van der Waals surface area contributed by atoms with Gasteiger partial charge in [0.15, 0.2) is 11.5 Å². The third kappa shape index (κ3) is 3.72. The molecule has 1 aliphatic heterocycles. The van der Waals surface area contributed by atoms with Crippen molar-refractivity contribution in [2.75, 3.05) is 6.61 Å². The first kappa shape index (κ1) is 19.1. The van der Waals surface area contributed by atoms with Gasteiger partial charge in [0.1, 0.15) is 0 Å². The average Bonchev–Trinajstić information content (AvgIpc) is 2.95. The number of rotatable bonds is 4. The maximum Gasteiger partial charge on any atom is 0.383 e. The number of halogens is 4. The minimum Gasteiger partial charge on any atom is -0.503 e. The molecule has 0 spiro atoms. The van der Waals surface area contributed by atoms with Crippen molar-refractivity contribution in [2.45, 2.75) is 24.4 Å². The maximum absolute atomic E-state index is 13.4. The van der Waals surface area contributed by atoms with Crippen molar-refractivity contribution >= 4 is 51.1 Å². The summed E-state index contributed by atoms with van der Waals surface area (Å²) in [6.45, 7) is 3.88. The predicted octanol–water partition coefficient (Wildman–Crippen LogP) is 4.80. The van der Waals surface area contributed by atoms with Crippen LogP contribution in [0.25, 0.3) is 6.08 Å². The number of phenolic OH excluding ortho intramolecular Hbond substituents is 1. The third-order valence-corrected chi connectivity index (χ3v) is 5.17. The number of fused-ring (bicyclic) bond motifs is 1. The van der Waals surface area contributed by atoms with Crippen LogP contribution < -0.4 is 4.74 Å². The summed E-state index contributed by atoms with van der Waals surface area (Å²) in [5.41, 5.74) is 1.22. The van der Waals surface area contributed by atoms with E-state index in [-0.39, 0.29) is 10.9 Å². The van der Waals surface area contributed by atoms with E-state index in [9.17, 15) is 13.9 Å². The van der Waals surface area contributed by atoms with E-state index in [1.807, 2.05) is 6.92 Å². The molecule has 0 atom stereocenters. The first-order valence-electron chi connectivity index (χ1n) is 7.34. The highest BCUT2D eigenvalue weighted by atomic mass is 79.9. The van der Waals surface area contributed by atoms with Crippen LogP contribution in [-0.2, 0) is 5.38 Å². The molecule has 1 N–H and O–H groups in total. The van der Waals surface area contributed by atoms with Crippen LogP contribution in [0.5, 0.6) is 11.5 Å². The number of hydrogen-bond donors (Lipinski definition) is 1. The van der Waals surface area contributed by atoms with Crippen molar-refractivity contribution in [2.24, 2.45) is 5.10 Å². The molecule has 2 aromatic rings. The van der Waals surface area contributed by atoms with Gasteiger partial charge in [0.05, 0.1) is 16.8 Å². The number of phenols is 1. The van der Waals surface area contributed by atoms with Gasteiger partial charge >= 0.3 is 5.38 Å². The SMILES string of the molecule is CCOc1cc(C=C2Sc3nnc(C(F)(F)Cl)n3N=C2C)cc(Br)c1O. The number of thioether (sulfide) groups is 1. The van der Waals surface area contributed by atoms with Gasteiger partial charge in [0.2, 0.25) is 11.0 Å². The van der Waals surface area contributed by atoms with E-state index in [0.29, 0.717) is 27.4 Å². The fraction of sp³-hybridized carbons (Fsp3) is 0.267. The highest BCUT2D eigenvalue weighted by Gasteiger charge is 2.37. The summed E-state index contributed by atoms with van der Waals surface area (Å²) in [6, 6.07) is 3.37. The van der Waals surface area contributed by atoms with Crippen LogP contribution in [0.15, 0.2) is 31.8 Å². The number of nitrogens with zero attached hydrogens (tertiary/aromatic N) is 4. The lowest BCUT2D eigenvalue weighted by atomic mass is 10.1. The molecule has 1 aromatic heterocycles. The number of alkyl halides is 3. The van der Waals surface area contributed by atoms with E-state index >= 15 is 0 Å². The summed E-state index contributed by atoms with van der Waals surface area (Å²) in [4.78, 5) is 0.689. The Hall–Kier alpha value is -1.65. The van der Waals surface area contributed by atoms with Crippen LogP contribution in [0.2, 0.25) is 0 Å². The van der Waals surface area contributed by atoms with Crippen molar-refractivity contribution in [3.05, 3.63) is 32.9 Å². The monoisotopic (exact) mass is 464 g/mol. The lowest BCUT2D eigenvalue weighted by Crippen LogP contribution is -2.15. The molecule has 0 unspecified atom stereocenters. The first-order valence-corrected chi connectivity index (χ1v) is 9.33.